The first-order valence-corrected chi connectivity index (χ1v) is 9.42. The summed E-state index contributed by atoms with van der Waals surface area (Å²) in [7, 11) is 0. The number of hydrogen-bond acceptors (Lipinski definition) is 0. The van der Waals surface area contributed by atoms with Crippen molar-refractivity contribution >= 4 is 5.57 Å². The molecule has 0 nitrogen and oxygen atoms in total. The van der Waals surface area contributed by atoms with E-state index in [0.717, 1.165) is 48.8 Å². The van der Waals surface area contributed by atoms with Crippen molar-refractivity contribution in [3.8, 4) is 0 Å². The number of allylic oxidation sites excluding steroid dienone is 2. The molecule has 132 valence electrons. The van der Waals surface area contributed by atoms with Crippen LogP contribution in [0, 0.1) is 35.2 Å². The van der Waals surface area contributed by atoms with Gasteiger partial charge in [0.15, 0.2) is 17.5 Å². The first kappa shape index (κ1) is 17.6. The van der Waals surface area contributed by atoms with Crippen LogP contribution in [0.15, 0.2) is 18.2 Å². The fourth-order valence-electron chi connectivity index (χ4n) is 4.64. The number of hydrogen-bond donors (Lipinski definition) is 0. The van der Waals surface area contributed by atoms with Crippen molar-refractivity contribution in [3.63, 3.8) is 0 Å². The molecule has 0 unspecified atom stereocenters. The quantitative estimate of drug-likeness (QED) is 0.525. The molecule has 1 fully saturated rings. The van der Waals surface area contributed by atoms with E-state index in [1.807, 2.05) is 0 Å². The van der Waals surface area contributed by atoms with Crippen LogP contribution in [0.4, 0.5) is 13.2 Å². The van der Waals surface area contributed by atoms with Crippen LogP contribution in [-0.2, 0) is 0 Å². The maximum atomic E-state index is 13.4. The van der Waals surface area contributed by atoms with Crippen LogP contribution in [0.5, 0.6) is 0 Å². The minimum atomic E-state index is -1.38. The predicted octanol–water partition coefficient (Wildman–Crippen LogP) is 6.89. The van der Waals surface area contributed by atoms with E-state index in [2.05, 4.69) is 13.0 Å². The molecule has 2 aliphatic rings. The Hall–Kier alpha value is -1.25. The van der Waals surface area contributed by atoms with Crippen molar-refractivity contribution in [1.29, 1.82) is 0 Å². The van der Waals surface area contributed by atoms with Gasteiger partial charge in [-0.25, -0.2) is 13.2 Å². The molecular weight excluding hydrogens is 309 g/mol. The summed E-state index contributed by atoms with van der Waals surface area (Å²) in [5.41, 5.74) is 1.46. The Morgan fingerprint density at radius 1 is 0.917 bits per heavy atom. The van der Waals surface area contributed by atoms with Crippen molar-refractivity contribution in [3.05, 3.63) is 41.2 Å². The second-order valence-electron chi connectivity index (χ2n) is 7.59. The number of halogens is 3. The van der Waals surface area contributed by atoms with Gasteiger partial charge in [0.1, 0.15) is 0 Å². The van der Waals surface area contributed by atoms with Gasteiger partial charge in [0, 0.05) is 0 Å². The first-order chi connectivity index (χ1) is 11.6. The van der Waals surface area contributed by atoms with Crippen molar-refractivity contribution in [2.75, 3.05) is 0 Å². The van der Waals surface area contributed by atoms with Gasteiger partial charge >= 0.3 is 0 Å². The molecule has 1 aromatic carbocycles. The molecule has 3 rings (SSSR count). The molecular formula is C21H27F3. The van der Waals surface area contributed by atoms with Crippen LogP contribution in [0.25, 0.3) is 5.57 Å². The van der Waals surface area contributed by atoms with Crippen LogP contribution in [0.3, 0.4) is 0 Å². The van der Waals surface area contributed by atoms with Crippen LogP contribution >= 0.6 is 0 Å². The zero-order chi connectivity index (χ0) is 17.1. The molecule has 0 bridgehead atoms. The lowest BCUT2D eigenvalue weighted by Crippen LogP contribution is -2.23. The smallest absolute Gasteiger partial charge is 0.194 e. The summed E-state index contributed by atoms with van der Waals surface area (Å²) in [6.45, 7) is 2.26. The molecule has 0 aliphatic heterocycles. The van der Waals surface area contributed by atoms with E-state index in [1.54, 1.807) is 0 Å². The second kappa shape index (κ2) is 7.76. The maximum Gasteiger partial charge on any atom is 0.194 e. The van der Waals surface area contributed by atoms with Gasteiger partial charge in [0.05, 0.1) is 0 Å². The fourth-order valence-corrected chi connectivity index (χ4v) is 4.64. The first-order valence-electron chi connectivity index (χ1n) is 9.42. The van der Waals surface area contributed by atoms with E-state index in [-0.39, 0.29) is 0 Å². The predicted molar refractivity (Wildman–Crippen MR) is 92.0 cm³/mol. The minimum absolute atomic E-state index is 0.497. The molecule has 0 heterocycles. The molecule has 0 N–H and O–H groups in total. The Labute approximate surface area is 143 Å². The number of benzene rings is 1. The highest BCUT2D eigenvalue weighted by Crippen LogP contribution is 2.42. The van der Waals surface area contributed by atoms with Crippen molar-refractivity contribution in [1.82, 2.24) is 0 Å². The van der Waals surface area contributed by atoms with Crippen LogP contribution in [-0.4, -0.2) is 0 Å². The molecule has 0 amide bonds. The topological polar surface area (TPSA) is 0 Å². The lowest BCUT2D eigenvalue weighted by molar-refractivity contribution is 0.189. The summed E-state index contributed by atoms with van der Waals surface area (Å²) in [6, 6.07) is 2.25. The van der Waals surface area contributed by atoms with Gasteiger partial charge in [-0.3, -0.25) is 0 Å². The Balaban J connectivity index is 1.61. The second-order valence-corrected chi connectivity index (χ2v) is 7.59. The molecule has 1 saturated carbocycles. The minimum Gasteiger partial charge on any atom is -0.204 e. The summed E-state index contributed by atoms with van der Waals surface area (Å²) >= 11 is 0. The van der Waals surface area contributed by atoms with Crippen LogP contribution in [0.1, 0.15) is 70.3 Å². The SMILES string of the molecule is CCCC1CCC([C@H]2CC=C(c3cc(F)c(F)c(F)c3)CC2)CC1. The maximum absolute atomic E-state index is 13.4. The van der Waals surface area contributed by atoms with E-state index in [9.17, 15) is 13.2 Å². The van der Waals surface area contributed by atoms with Gasteiger partial charge < -0.3 is 0 Å². The van der Waals surface area contributed by atoms with E-state index >= 15 is 0 Å². The molecule has 3 heteroatoms. The van der Waals surface area contributed by atoms with Crippen LogP contribution in [0.2, 0.25) is 0 Å². The highest BCUT2D eigenvalue weighted by molar-refractivity contribution is 5.66. The van der Waals surface area contributed by atoms with Gasteiger partial charge in [-0.1, -0.05) is 38.7 Å². The Kier molecular flexibility index (Phi) is 5.68. The average Bonchev–Trinajstić information content (AvgIpc) is 2.60. The monoisotopic (exact) mass is 336 g/mol. The third kappa shape index (κ3) is 3.87. The van der Waals surface area contributed by atoms with E-state index in [1.165, 1.54) is 38.5 Å². The zero-order valence-corrected chi connectivity index (χ0v) is 14.5. The Morgan fingerprint density at radius 3 is 2.12 bits per heavy atom. The summed E-state index contributed by atoms with van der Waals surface area (Å²) in [5.74, 6) is -1.14. The lowest BCUT2D eigenvalue weighted by Gasteiger charge is -2.35. The molecule has 1 atom stereocenters. The molecule has 0 radical (unpaired) electrons. The highest BCUT2D eigenvalue weighted by Gasteiger charge is 2.28. The zero-order valence-electron chi connectivity index (χ0n) is 14.5. The summed E-state index contributed by atoms with van der Waals surface area (Å²) in [5, 5.41) is 0. The van der Waals surface area contributed by atoms with E-state index in [0.29, 0.717) is 11.5 Å². The highest BCUT2D eigenvalue weighted by atomic mass is 19.2. The molecule has 0 spiro atoms. The van der Waals surface area contributed by atoms with Gasteiger partial charge in [0.2, 0.25) is 0 Å². The van der Waals surface area contributed by atoms with Crippen LogP contribution < -0.4 is 0 Å². The normalized spacial score (nSPS) is 27.8. The molecule has 24 heavy (non-hydrogen) atoms. The summed E-state index contributed by atoms with van der Waals surface area (Å²) in [4.78, 5) is 0. The van der Waals surface area contributed by atoms with Gasteiger partial charge in [-0.2, -0.15) is 0 Å². The van der Waals surface area contributed by atoms with Gasteiger partial charge in [-0.05, 0) is 73.1 Å². The number of rotatable bonds is 4. The Bertz CT molecular complexity index is 574. The van der Waals surface area contributed by atoms with Gasteiger partial charge in [-0.15, -0.1) is 0 Å². The summed E-state index contributed by atoms with van der Waals surface area (Å²) < 4.78 is 39.9. The van der Waals surface area contributed by atoms with Crippen molar-refractivity contribution in [2.24, 2.45) is 17.8 Å². The largest absolute Gasteiger partial charge is 0.204 e. The Morgan fingerprint density at radius 2 is 1.58 bits per heavy atom. The summed E-state index contributed by atoms with van der Waals surface area (Å²) in [6.07, 6.45) is 13.1. The van der Waals surface area contributed by atoms with Crippen molar-refractivity contribution in [2.45, 2.75) is 64.7 Å². The molecule has 2 aliphatic carbocycles. The van der Waals surface area contributed by atoms with Gasteiger partial charge in [0.25, 0.3) is 0 Å². The third-order valence-electron chi connectivity index (χ3n) is 6.06. The third-order valence-corrected chi connectivity index (χ3v) is 6.06. The molecule has 1 aromatic rings. The average molecular weight is 336 g/mol. The molecule has 0 aromatic heterocycles. The van der Waals surface area contributed by atoms with E-state index < -0.39 is 17.5 Å². The molecule has 0 saturated heterocycles. The van der Waals surface area contributed by atoms with E-state index in [4.69, 9.17) is 0 Å². The fraction of sp³-hybridized carbons (Fsp3) is 0.619. The standard InChI is InChI=1S/C21H27F3/c1-2-3-14-4-6-15(7-5-14)16-8-10-17(11-9-16)18-12-19(22)21(24)20(23)13-18/h10,12-16H,2-9,11H2,1H3/t14?,15?,16-/m0/s1. The lowest BCUT2D eigenvalue weighted by atomic mass is 9.70. The van der Waals surface area contributed by atoms with Crippen molar-refractivity contribution < 1.29 is 13.2 Å².